The monoisotopic (exact) mass is 532 g/mol. The first-order valence-electron chi connectivity index (χ1n) is 12.3. The van der Waals surface area contributed by atoms with E-state index in [1.165, 1.54) is 44.9 Å². The van der Waals surface area contributed by atoms with E-state index in [0.29, 0.717) is 6.42 Å². The van der Waals surface area contributed by atoms with Crippen LogP contribution >= 0.6 is 0 Å². The molecule has 192 valence electrons. The zero-order valence-corrected chi connectivity index (χ0v) is 26.8. The fourth-order valence-corrected chi connectivity index (χ4v) is 4.78. The second kappa shape index (κ2) is 24.7. The molecule has 0 fully saturated rings. The Balaban J connectivity index is -0.00000512. The third-order valence-electron chi connectivity index (χ3n) is 5.94. The van der Waals surface area contributed by atoms with Gasteiger partial charge in [0.1, 0.15) is 4.75 Å². The largest absolute Gasteiger partial charge is 1.00 e. The summed E-state index contributed by atoms with van der Waals surface area (Å²) in [6.07, 6.45) is 21.4. The molecule has 0 aliphatic heterocycles. The van der Waals surface area contributed by atoms with Crippen LogP contribution < -0.4 is 69.3 Å². The van der Waals surface area contributed by atoms with E-state index >= 15 is 0 Å². The second-order valence-electron chi connectivity index (χ2n) is 8.78. The van der Waals surface area contributed by atoms with Crippen LogP contribution in [0, 0.1) is 0 Å². The van der Waals surface area contributed by atoms with Crippen LogP contribution in [0.1, 0.15) is 116 Å². The molecule has 0 spiro atoms. The number of allylic oxidation sites excluding steroid dienone is 3. The minimum absolute atomic E-state index is 0. The van der Waals surface area contributed by atoms with Crippen molar-refractivity contribution in [3.05, 3.63) is 24.8 Å². The van der Waals surface area contributed by atoms with Crippen LogP contribution in [-0.2, 0) is 19.7 Å². The standard InChI is InChI=1S/C25H44O7S.2Na/c1-2-3-4-5-6-7-8-9-10-11-12-13-14-15-16-17-18-19-20-21-25(24(28)29,22-23(26)27)33(30,31)32;;/h2,12-13H,1,3-11,14-22H2,(H,26,27)(H,28,29)(H,30,31,32);;/q;2*+1/p-2. The van der Waals surface area contributed by atoms with Crippen molar-refractivity contribution in [2.45, 2.75) is 120 Å². The van der Waals surface area contributed by atoms with Crippen molar-refractivity contribution in [2.24, 2.45) is 0 Å². The summed E-state index contributed by atoms with van der Waals surface area (Å²) in [5, 5.41) is 22.1. The molecule has 1 unspecified atom stereocenters. The predicted octanol–water partition coefficient (Wildman–Crippen LogP) is -2.12. The molecule has 1 N–H and O–H groups in total. The number of hydrogen-bond acceptors (Lipinski definition) is 6. The molecule has 1 atom stereocenters. The van der Waals surface area contributed by atoms with Gasteiger partial charge in [-0.15, -0.1) is 6.58 Å². The molecule has 0 saturated carbocycles. The van der Waals surface area contributed by atoms with E-state index in [1.54, 1.807) is 0 Å². The number of aliphatic carboxylic acids is 2. The van der Waals surface area contributed by atoms with Gasteiger partial charge in [0.15, 0.2) is 0 Å². The smallest absolute Gasteiger partial charge is 0.550 e. The van der Waals surface area contributed by atoms with Crippen molar-refractivity contribution in [1.29, 1.82) is 0 Å². The molecule has 0 saturated heterocycles. The van der Waals surface area contributed by atoms with Gasteiger partial charge in [-0.05, 0) is 44.9 Å². The Morgan fingerprint density at radius 1 is 0.714 bits per heavy atom. The van der Waals surface area contributed by atoms with Crippen LogP contribution in [0.25, 0.3) is 0 Å². The van der Waals surface area contributed by atoms with E-state index in [4.69, 9.17) is 0 Å². The van der Waals surface area contributed by atoms with Crippen molar-refractivity contribution < 1.29 is 91.9 Å². The molecule has 0 radical (unpaired) electrons. The van der Waals surface area contributed by atoms with Gasteiger partial charge in [-0.3, -0.25) is 4.55 Å². The molecule has 7 nitrogen and oxygen atoms in total. The van der Waals surface area contributed by atoms with E-state index < -0.39 is 39.6 Å². The minimum atomic E-state index is -5.14. The van der Waals surface area contributed by atoms with Gasteiger partial charge in [-0.25, -0.2) is 0 Å². The van der Waals surface area contributed by atoms with Crippen LogP contribution in [0.3, 0.4) is 0 Å². The molecular formula is C25H42Na2O7S. The molecule has 0 aromatic rings. The summed E-state index contributed by atoms with van der Waals surface area (Å²) in [5.74, 6) is -3.97. The topological polar surface area (TPSA) is 135 Å². The third kappa shape index (κ3) is 20.0. The molecule has 0 aromatic carbocycles. The van der Waals surface area contributed by atoms with Crippen molar-refractivity contribution >= 4 is 22.1 Å². The summed E-state index contributed by atoms with van der Waals surface area (Å²) in [7, 11) is -5.14. The van der Waals surface area contributed by atoms with Gasteiger partial charge in [0.25, 0.3) is 10.1 Å². The molecule has 0 amide bonds. The third-order valence-corrected chi connectivity index (χ3v) is 7.45. The molecular weight excluding hydrogens is 490 g/mol. The average Bonchev–Trinajstić information content (AvgIpc) is 2.73. The zero-order valence-electron chi connectivity index (χ0n) is 22.0. The summed E-state index contributed by atoms with van der Waals surface area (Å²) in [6, 6.07) is 0. The van der Waals surface area contributed by atoms with Crippen LogP contribution in [0.15, 0.2) is 24.8 Å². The van der Waals surface area contributed by atoms with Gasteiger partial charge < -0.3 is 19.8 Å². The molecule has 0 rings (SSSR count). The van der Waals surface area contributed by atoms with Gasteiger partial charge in [-0.2, -0.15) is 8.42 Å². The van der Waals surface area contributed by atoms with E-state index in [0.717, 1.165) is 44.9 Å². The predicted molar refractivity (Wildman–Crippen MR) is 127 cm³/mol. The van der Waals surface area contributed by atoms with E-state index in [9.17, 15) is 32.8 Å². The maximum atomic E-state index is 11.5. The first kappa shape index (κ1) is 39.8. The second-order valence-corrected chi connectivity index (χ2v) is 10.5. The normalized spacial score (nSPS) is 12.9. The fourth-order valence-electron chi connectivity index (χ4n) is 3.87. The number of carboxylic acid groups (broad SMARTS) is 2. The van der Waals surface area contributed by atoms with E-state index in [2.05, 4.69) is 18.7 Å². The molecule has 10 heteroatoms. The summed E-state index contributed by atoms with van der Waals surface area (Å²) in [4.78, 5) is 22.1. The number of carbonyl (C=O) groups excluding carboxylic acids is 2. The number of hydrogen-bond donors (Lipinski definition) is 1. The Bertz CT molecular complexity index is 696. The molecule has 0 aliphatic rings. The Kier molecular flexibility index (Phi) is 28.1. The molecule has 0 aliphatic carbocycles. The van der Waals surface area contributed by atoms with Crippen LogP contribution in [0.5, 0.6) is 0 Å². The fraction of sp³-hybridized carbons (Fsp3) is 0.760. The van der Waals surface area contributed by atoms with Gasteiger partial charge in [0.05, 0.1) is 5.97 Å². The van der Waals surface area contributed by atoms with E-state index in [-0.39, 0.29) is 65.5 Å². The summed E-state index contributed by atoms with van der Waals surface area (Å²) in [6.45, 7) is 3.74. The Labute approximate surface area is 256 Å². The van der Waals surface area contributed by atoms with Gasteiger partial charge in [-0.1, -0.05) is 82.4 Å². The minimum Gasteiger partial charge on any atom is -0.550 e. The first-order valence-corrected chi connectivity index (χ1v) is 13.8. The Morgan fingerprint density at radius 3 is 1.43 bits per heavy atom. The number of carbonyl (C=O) groups is 2. The first-order chi connectivity index (χ1) is 15.7. The molecule has 0 aromatic heterocycles. The Hall–Kier alpha value is 0.330. The van der Waals surface area contributed by atoms with Gasteiger partial charge in [0, 0.05) is 12.4 Å². The van der Waals surface area contributed by atoms with Gasteiger partial charge >= 0.3 is 59.1 Å². The number of carboxylic acids is 2. The summed E-state index contributed by atoms with van der Waals surface area (Å²) in [5.41, 5.74) is 0. The molecule has 35 heavy (non-hydrogen) atoms. The van der Waals surface area contributed by atoms with Crippen molar-refractivity contribution in [2.75, 3.05) is 0 Å². The van der Waals surface area contributed by atoms with Crippen molar-refractivity contribution in [3.63, 3.8) is 0 Å². The van der Waals surface area contributed by atoms with Crippen LogP contribution in [0.4, 0.5) is 0 Å². The molecule has 0 heterocycles. The quantitative estimate of drug-likeness (QED) is 0.0689. The maximum Gasteiger partial charge on any atom is 1.00 e. The average molecular weight is 533 g/mol. The summed E-state index contributed by atoms with van der Waals surface area (Å²) >= 11 is 0. The maximum absolute atomic E-state index is 11.5. The zero-order chi connectivity index (χ0) is 25.0. The SMILES string of the molecule is C=CCCCCCCCCCC=CCCCCCCCCC(CC(=O)[O-])(C(=O)[O-])S(=O)(=O)O.[Na+].[Na+]. The van der Waals surface area contributed by atoms with Gasteiger partial charge in [0.2, 0.25) is 0 Å². The van der Waals surface area contributed by atoms with E-state index in [1.807, 2.05) is 6.08 Å². The Morgan fingerprint density at radius 2 is 1.09 bits per heavy atom. The van der Waals surface area contributed by atoms with Crippen molar-refractivity contribution in [3.8, 4) is 0 Å². The van der Waals surface area contributed by atoms with Crippen molar-refractivity contribution in [1.82, 2.24) is 0 Å². The molecule has 0 bridgehead atoms. The summed E-state index contributed by atoms with van der Waals surface area (Å²) < 4.78 is 29.4. The van der Waals surface area contributed by atoms with Crippen LogP contribution in [0.2, 0.25) is 0 Å². The number of rotatable bonds is 23. The van der Waals surface area contributed by atoms with Crippen LogP contribution in [-0.4, -0.2) is 29.7 Å². The number of unbranched alkanes of at least 4 members (excludes halogenated alkanes) is 14.